The fraction of sp³-hybridized carbons (Fsp3) is 0.333. The first kappa shape index (κ1) is 15.3. The van der Waals surface area contributed by atoms with Crippen LogP contribution < -0.4 is 4.74 Å². The highest BCUT2D eigenvalue weighted by atomic mass is 16.5. The van der Waals surface area contributed by atoms with Gasteiger partial charge in [-0.25, -0.2) is 9.67 Å². The molecule has 0 fully saturated rings. The molecule has 5 heteroatoms. The molecule has 5 nitrogen and oxygen atoms in total. The third-order valence-corrected chi connectivity index (χ3v) is 3.96. The highest BCUT2D eigenvalue weighted by Gasteiger charge is 2.18. The smallest absolute Gasteiger partial charge is 0.157 e. The first-order valence-corrected chi connectivity index (χ1v) is 7.55. The zero-order chi connectivity index (χ0) is 16.8. The normalized spacial score (nSPS) is 11.9. The average Bonchev–Trinajstić information content (AvgIpc) is 2.98. The number of ether oxygens (including phenoxy) is 1. The Morgan fingerprint density at radius 2 is 1.91 bits per heavy atom. The van der Waals surface area contributed by atoms with Crippen LogP contribution in [0.15, 0.2) is 30.5 Å². The van der Waals surface area contributed by atoms with E-state index in [2.05, 4.69) is 30.9 Å². The topological polar surface area (TPSA) is 60.2 Å². The van der Waals surface area contributed by atoms with Crippen molar-refractivity contribution in [3.8, 4) is 17.3 Å². The van der Waals surface area contributed by atoms with Crippen LogP contribution in [0, 0.1) is 6.92 Å². The van der Waals surface area contributed by atoms with Gasteiger partial charge in [0.1, 0.15) is 11.5 Å². The number of methoxy groups -OCH3 is 1. The van der Waals surface area contributed by atoms with Gasteiger partial charge in [-0.3, -0.25) is 0 Å². The molecule has 0 radical (unpaired) electrons. The lowest BCUT2D eigenvalue weighted by atomic mass is 9.93. The molecule has 1 aromatic carbocycles. The van der Waals surface area contributed by atoms with E-state index in [1.54, 1.807) is 17.9 Å². The van der Waals surface area contributed by atoms with Gasteiger partial charge in [-0.2, -0.15) is 5.10 Å². The van der Waals surface area contributed by atoms with Crippen molar-refractivity contribution in [1.29, 1.82) is 0 Å². The molecule has 0 unspecified atom stereocenters. The second-order valence-corrected chi connectivity index (χ2v) is 6.68. The minimum Gasteiger partial charge on any atom is -0.507 e. The van der Waals surface area contributed by atoms with Crippen LogP contribution >= 0.6 is 0 Å². The van der Waals surface area contributed by atoms with Crippen LogP contribution in [0.3, 0.4) is 0 Å². The van der Waals surface area contributed by atoms with E-state index in [1.807, 2.05) is 31.3 Å². The van der Waals surface area contributed by atoms with Gasteiger partial charge < -0.3 is 9.84 Å². The van der Waals surface area contributed by atoms with Gasteiger partial charge in [0.05, 0.1) is 18.3 Å². The molecule has 0 aliphatic carbocycles. The lowest BCUT2D eigenvalue weighted by Gasteiger charge is -2.14. The Morgan fingerprint density at radius 3 is 2.52 bits per heavy atom. The number of aryl methyl sites for hydroxylation is 1. The zero-order valence-corrected chi connectivity index (χ0v) is 14.1. The molecule has 2 heterocycles. The number of fused-ring (bicyclic) bond motifs is 1. The summed E-state index contributed by atoms with van der Waals surface area (Å²) in [7, 11) is 1.63. The second kappa shape index (κ2) is 5.26. The first-order chi connectivity index (χ1) is 10.8. The number of rotatable bonds is 2. The molecular weight excluding hydrogens is 290 g/mol. The SMILES string of the molecule is COc1ccc2c(O)cc(-n3ccc(C(C)(C)C)n3)nc2c1C. The van der Waals surface area contributed by atoms with Gasteiger partial charge in [0.15, 0.2) is 5.82 Å². The van der Waals surface area contributed by atoms with Crippen molar-refractivity contribution >= 4 is 10.9 Å². The molecule has 0 saturated heterocycles. The van der Waals surface area contributed by atoms with Crippen LogP contribution in [-0.4, -0.2) is 27.0 Å². The Bertz CT molecular complexity index is 876. The predicted octanol–water partition coefficient (Wildman–Crippen LogP) is 3.74. The number of aromatic hydroxyl groups is 1. The average molecular weight is 311 g/mol. The summed E-state index contributed by atoms with van der Waals surface area (Å²) in [6.07, 6.45) is 1.86. The standard InChI is InChI=1S/C18H21N3O2/c1-11-14(23-5)7-6-12-13(22)10-16(19-17(11)12)21-9-8-15(20-21)18(2,3)4/h6-10H,1-5H3,(H,19,22). The molecule has 2 aromatic heterocycles. The van der Waals surface area contributed by atoms with E-state index in [0.717, 1.165) is 17.0 Å². The Labute approximate surface area is 135 Å². The monoisotopic (exact) mass is 311 g/mol. The van der Waals surface area contributed by atoms with Crippen molar-refractivity contribution in [3.63, 3.8) is 0 Å². The molecule has 0 bridgehead atoms. The van der Waals surface area contributed by atoms with Gasteiger partial charge in [-0.05, 0) is 25.1 Å². The Hall–Kier alpha value is -2.56. The number of pyridine rings is 1. The summed E-state index contributed by atoms with van der Waals surface area (Å²) in [5.74, 6) is 1.52. The third kappa shape index (κ3) is 2.63. The number of benzene rings is 1. The summed E-state index contributed by atoms with van der Waals surface area (Å²) in [5.41, 5.74) is 2.54. The van der Waals surface area contributed by atoms with Crippen molar-refractivity contribution in [2.45, 2.75) is 33.1 Å². The lowest BCUT2D eigenvalue weighted by Crippen LogP contribution is -2.12. The summed E-state index contributed by atoms with van der Waals surface area (Å²) in [5, 5.41) is 15.6. The van der Waals surface area contributed by atoms with Gasteiger partial charge >= 0.3 is 0 Å². The summed E-state index contributed by atoms with van der Waals surface area (Å²) >= 11 is 0. The number of aromatic nitrogens is 3. The van der Waals surface area contributed by atoms with E-state index < -0.39 is 0 Å². The maximum Gasteiger partial charge on any atom is 0.157 e. The van der Waals surface area contributed by atoms with Gasteiger partial charge in [-0.15, -0.1) is 0 Å². The maximum absolute atomic E-state index is 10.3. The Balaban J connectivity index is 2.19. The van der Waals surface area contributed by atoms with Crippen LogP contribution in [-0.2, 0) is 5.41 Å². The summed E-state index contributed by atoms with van der Waals surface area (Å²) in [6, 6.07) is 7.26. The van der Waals surface area contributed by atoms with Crippen LogP contribution in [0.25, 0.3) is 16.7 Å². The molecule has 0 spiro atoms. The van der Waals surface area contributed by atoms with E-state index >= 15 is 0 Å². The molecule has 0 aliphatic rings. The molecule has 120 valence electrons. The molecule has 1 N–H and O–H groups in total. The largest absolute Gasteiger partial charge is 0.507 e. The molecule has 0 amide bonds. The van der Waals surface area contributed by atoms with E-state index in [9.17, 15) is 5.11 Å². The van der Waals surface area contributed by atoms with Gasteiger partial charge in [0, 0.05) is 28.6 Å². The van der Waals surface area contributed by atoms with Crippen molar-refractivity contribution in [1.82, 2.24) is 14.8 Å². The fourth-order valence-corrected chi connectivity index (χ4v) is 2.57. The molecule has 0 saturated carbocycles. The number of nitrogens with zero attached hydrogens (tertiary/aromatic N) is 3. The second-order valence-electron chi connectivity index (χ2n) is 6.68. The first-order valence-electron chi connectivity index (χ1n) is 7.55. The molecule has 0 atom stereocenters. The molecular formula is C18H21N3O2. The lowest BCUT2D eigenvalue weighted by molar-refractivity contribution is 0.412. The number of hydrogen-bond donors (Lipinski definition) is 1. The minimum absolute atomic E-state index is 0.0384. The molecule has 3 rings (SSSR count). The van der Waals surface area contributed by atoms with Gasteiger partial charge in [0.25, 0.3) is 0 Å². The fourth-order valence-electron chi connectivity index (χ4n) is 2.57. The van der Waals surface area contributed by atoms with Gasteiger partial charge in [0.2, 0.25) is 0 Å². The predicted molar refractivity (Wildman–Crippen MR) is 90.5 cm³/mol. The highest BCUT2D eigenvalue weighted by molar-refractivity contribution is 5.89. The summed E-state index contributed by atoms with van der Waals surface area (Å²) in [6.45, 7) is 8.26. The van der Waals surface area contributed by atoms with Gasteiger partial charge in [-0.1, -0.05) is 20.8 Å². The van der Waals surface area contributed by atoms with Crippen molar-refractivity contribution in [2.75, 3.05) is 7.11 Å². The third-order valence-electron chi connectivity index (χ3n) is 3.96. The van der Waals surface area contributed by atoms with E-state index in [1.165, 1.54) is 0 Å². The molecule has 23 heavy (non-hydrogen) atoms. The number of hydrogen-bond acceptors (Lipinski definition) is 4. The van der Waals surface area contributed by atoms with Crippen LogP contribution in [0.5, 0.6) is 11.5 Å². The van der Waals surface area contributed by atoms with Crippen LogP contribution in [0.2, 0.25) is 0 Å². The summed E-state index contributed by atoms with van der Waals surface area (Å²) in [4.78, 5) is 4.67. The maximum atomic E-state index is 10.3. The van der Waals surface area contributed by atoms with E-state index in [4.69, 9.17) is 4.74 Å². The van der Waals surface area contributed by atoms with E-state index in [0.29, 0.717) is 16.7 Å². The molecule has 0 aliphatic heterocycles. The zero-order valence-electron chi connectivity index (χ0n) is 14.1. The summed E-state index contributed by atoms with van der Waals surface area (Å²) < 4.78 is 7.04. The van der Waals surface area contributed by atoms with Crippen LogP contribution in [0.4, 0.5) is 0 Å². The quantitative estimate of drug-likeness (QED) is 0.783. The van der Waals surface area contributed by atoms with Crippen LogP contribution in [0.1, 0.15) is 32.0 Å². The minimum atomic E-state index is -0.0384. The Kier molecular flexibility index (Phi) is 3.51. The van der Waals surface area contributed by atoms with Crippen molar-refractivity contribution in [2.24, 2.45) is 0 Å². The van der Waals surface area contributed by atoms with E-state index in [-0.39, 0.29) is 11.2 Å². The molecule has 3 aromatic rings. The Morgan fingerprint density at radius 1 is 1.17 bits per heavy atom. The van der Waals surface area contributed by atoms with Crippen molar-refractivity contribution < 1.29 is 9.84 Å². The van der Waals surface area contributed by atoms with Crippen molar-refractivity contribution in [3.05, 3.63) is 41.7 Å². The highest BCUT2D eigenvalue weighted by Crippen LogP contribution is 2.32.